The molecule has 1 rings (SSSR count). The molecule has 54 heavy (non-hydrogen) atoms. The number of unbranched alkanes of at least 4 members (excludes halogenated alkanes) is 19. The van der Waals surface area contributed by atoms with Gasteiger partial charge in [-0.25, -0.2) is 0 Å². The van der Waals surface area contributed by atoms with E-state index in [-0.39, 0.29) is 24.4 Å². The number of nitrogens with one attached hydrogen (secondary N) is 1. The van der Waals surface area contributed by atoms with E-state index in [1.807, 2.05) is 0 Å². The zero-order valence-corrected chi connectivity index (χ0v) is 35.9. The fraction of sp³-hybridized carbons (Fsp3) is 0.872. The Morgan fingerprint density at radius 3 is 1.54 bits per heavy atom. The Morgan fingerprint density at radius 2 is 0.981 bits per heavy atom. The minimum Gasteiger partial charge on any atom is -0.458 e. The van der Waals surface area contributed by atoms with Crippen LogP contribution in [0.25, 0.3) is 0 Å². The van der Waals surface area contributed by atoms with Crippen molar-refractivity contribution in [3.63, 3.8) is 0 Å². The van der Waals surface area contributed by atoms with E-state index in [1.165, 1.54) is 89.9 Å². The van der Waals surface area contributed by atoms with E-state index in [9.17, 15) is 9.59 Å². The van der Waals surface area contributed by atoms with E-state index < -0.39 is 18.5 Å². The van der Waals surface area contributed by atoms with Crippen molar-refractivity contribution in [2.75, 3.05) is 19.8 Å². The highest BCUT2D eigenvalue weighted by atomic mass is 16.7. The average molecular weight is 762 g/mol. The lowest BCUT2D eigenvalue weighted by atomic mass is 10.1. The monoisotopic (exact) mass is 762 g/mol. The van der Waals surface area contributed by atoms with Crippen LogP contribution in [0.3, 0.4) is 0 Å². The van der Waals surface area contributed by atoms with Gasteiger partial charge in [0.2, 0.25) is 0 Å². The molecule has 316 valence electrons. The Bertz CT molecular complexity index is 889. The first-order valence-electron chi connectivity index (χ1n) is 23.2. The molecule has 0 aromatic heterocycles. The van der Waals surface area contributed by atoms with Crippen LogP contribution in [0.15, 0.2) is 24.3 Å². The van der Waals surface area contributed by atoms with Crippen LogP contribution < -0.4 is 5.32 Å². The molecule has 0 aromatic rings. The van der Waals surface area contributed by atoms with E-state index in [0.717, 1.165) is 77.2 Å². The van der Waals surface area contributed by atoms with Crippen LogP contribution in [-0.4, -0.2) is 56.2 Å². The topological polar surface area (TPSA) is 83.1 Å². The summed E-state index contributed by atoms with van der Waals surface area (Å²) in [6.07, 6.45) is 39.8. The van der Waals surface area contributed by atoms with Gasteiger partial charge in [-0.15, -0.1) is 0 Å². The van der Waals surface area contributed by atoms with Gasteiger partial charge < -0.3 is 24.3 Å². The molecular formula is C47H87NO6. The molecule has 1 saturated carbocycles. The first-order valence-corrected chi connectivity index (χ1v) is 23.2. The highest BCUT2D eigenvalue weighted by Gasteiger charge is 2.39. The SMILES string of the molecule is CCCCC/C=C\C/C=C\CCCCCCCC(=O)OC1CC(NCCCC)CC1OC(=O)CCC(OCCCCCCCC)OCCCCCCCC. The predicted octanol–water partition coefficient (Wildman–Crippen LogP) is 13.0. The number of rotatable bonds is 39. The molecule has 0 bridgehead atoms. The Morgan fingerprint density at radius 1 is 0.537 bits per heavy atom. The summed E-state index contributed by atoms with van der Waals surface area (Å²) >= 11 is 0. The predicted molar refractivity (Wildman–Crippen MR) is 227 cm³/mol. The quantitative estimate of drug-likeness (QED) is 0.0289. The molecule has 3 unspecified atom stereocenters. The molecule has 0 radical (unpaired) electrons. The number of carbonyl (C=O) groups excluding carboxylic acids is 2. The summed E-state index contributed by atoms with van der Waals surface area (Å²) in [6, 6.07) is 0.178. The van der Waals surface area contributed by atoms with E-state index in [1.54, 1.807) is 0 Å². The van der Waals surface area contributed by atoms with Crippen LogP contribution in [0.5, 0.6) is 0 Å². The molecule has 1 fully saturated rings. The van der Waals surface area contributed by atoms with E-state index >= 15 is 0 Å². The number of hydrogen-bond acceptors (Lipinski definition) is 7. The van der Waals surface area contributed by atoms with Gasteiger partial charge in [0.1, 0.15) is 12.2 Å². The van der Waals surface area contributed by atoms with E-state index in [4.69, 9.17) is 18.9 Å². The molecular weight excluding hydrogens is 675 g/mol. The van der Waals surface area contributed by atoms with Crippen LogP contribution in [0, 0.1) is 0 Å². The van der Waals surface area contributed by atoms with Gasteiger partial charge in [-0.05, 0) is 64.3 Å². The first-order chi connectivity index (χ1) is 26.5. The van der Waals surface area contributed by atoms with Gasteiger partial charge in [0.05, 0.1) is 6.42 Å². The van der Waals surface area contributed by atoms with E-state index in [2.05, 4.69) is 57.3 Å². The molecule has 1 N–H and O–H groups in total. The molecule has 3 atom stereocenters. The summed E-state index contributed by atoms with van der Waals surface area (Å²) in [6.45, 7) is 11.1. The summed E-state index contributed by atoms with van der Waals surface area (Å²) in [5.41, 5.74) is 0. The Labute approximate surface area is 333 Å². The summed E-state index contributed by atoms with van der Waals surface area (Å²) in [7, 11) is 0. The lowest BCUT2D eigenvalue weighted by Crippen LogP contribution is -2.31. The van der Waals surface area contributed by atoms with Crippen LogP contribution in [0.1, 0.15) is 220 Å². The van der Waals surface area contributed by atoms with Gasteiger partial charge in [0.25, 0.3) is 0 Å². The highest BCUT2D eigenvalue weighted by molar-refractivity contribution is 5.70. The second-order valence-electron chi connectivity index (χ2n) is 15.8. The Hall–Kier alpha value is -1.70. The number of carbonyl (C=O) groups is 2. The second-order valence-corrected chi connectivity index (χ2v) is 15.8. The first kappa shape index (κ1) is 50.3. The maximum absolute atomic E-state index is 13.2. The van der Waals surface area contributed by atoms with Crippen molar-refractivity contribution >= 4 is 11.9 Å². The van der Waals surface area contributed by atoms with Gasteiger partial charge in [-0.1, -0.05) is 155 Å². The molecule has 0 heterocycles. The Kier molecular flexibility index (Phi) is 35.6. The van der Waals surface area contributed by atoms with Crippen LogP contribution in [0.2, 0.25) is 0 Å². The molecule has 1 aliphatic rings. The third kappa shape index (κ3) is 30.5. The molecule has 7 nitrogen and oxygen atoms in total. The Balaban J connectivity index is 2.47. The van der Waals surface area contributed by atoms with Crippen LogP contribution in [-0.2, 0) is 28.5 Å². The maximum atomic E-state index is 13.2. The third-order valence-corrected chi connectivity index (χ3v) is 10.5. The van der Waals surface area contributed by atoms with Crippen molar-refractivity contribution in [1.29, 1.82) is 0 Å². The minimum atomic E-state index is -0.420. The maximum Gasteiger partial charge on any atom is 0.306 e. The van der Waals surface area contributed by atoms with Gasteiger partial charge in [-0.2, -0.15) is 0 Å². The average Bonchev–Trinajstić information content (AvgIpc) is 3.53. The fourth-order valence-electron chi connectivity index (χ4n) is 7.04. The van der Waals surface area contributed by atoms with Gasteiger partial charge in [0.15, 0.2) is 6.29 Å². The lowest BCUT2D eigenvalue weighted by molar-refractivity contribution is -0.170. The largest absolute Gasteiger partial charge is 0.458 e. The summed E-state index contributed by atoms with van der Waals surface area (Å²) in [4.78, 5) is 26.1. The standard InChI is InChI=1S/C47H87NO6/c1-5-9-13-16-19-20-21-22-23-24-25-26-27-28-31-34-45(49)53-43-40-42(48-37-12-8-4)41-44(43)54-46(50)35-36-47(51-38-32-29-17-14-10-6-2)52-39-33-30-18-15-11-7-3/h19-20,22-23,42-44,47-48H,5-18,21,24-41H2,1-4H3/b20-19-,23-22-. The van der Waals surface area contributed by atoms with Crippen molar-refractivity contribution < 1.29 is 28.5 Å². The van der Waals surface area contributed by atoms with Crippen molar-refractivity contribution in [3.05, 3.63) is 24.3 Å². The molecule has 0 spiro atoms. The van der Waals surface area contributed by atoms with Gasteiger partial charge in [-0.3, -0.25) is 9.59 Å². The van der Waals surface area contributed by atoms with Crippen molar-refractivity contribution in [2.24, 2.45) is 0 Å². The molecule has 7 heteroatoms. The number of hydrogen-bond donors (Lipinski definition) is 1. The van der Waals surface area contributed by atoms with E-state index in [0.29, 0.717) is 38.9 Å². The summed E-state index contributed by atoms with van der Waals surface area (Å²) in [5.74, 6) is -0.438. The minimum absolute atomic E-state index is 0.174. The third-order valence-electron chi connectivity index (χ3n) is 10.5. The zero-order valence-electron chi connectivity index (χ0n) is 35.9. The van der Waals surface area contributed by atoms with Crippen molar-refractivity contribution in [2.45, 2.75) is 245 Å². The van der Waals surface area contributed by atoms with Crippen LogP contribution in [0.4, 0.5) is 0 Å². The smallest absolute Gasteiger partial charge is 0.306 e. The van der Waals surface area contributed by atoms with Crippen LogP contribution >= 0.6 is 0 Å². The van der Waals surface area contributed by atoms with Crippen molar-refractivity contribution in [3.8, 4) is 0 Å². The molecule has 0 saturated heterocycles. The number of esters is 2. The molecule has 0 aromatic carbocycles. The number of ether oxygens (including phenoxy) is 4. The fourth-order valence-corrected chi connectivity index (χ4v) is 7.04. The van der Waals surface area contributed by atoms with Gasteiger partial charge >= 0.3 is 11.9 Å². The molecule has 0 amide bonds. The normalized spacial score (nSPS) is 17.4. The summed E-state index contributed by atoms with van der Waals surface area (Å²) in [5, 5.41) is 3.60. The molecule has 0 aliphatic heterocycles. The van der Waals surface area contributed by atoms with Crippen molar-refractivity contribution in [1.82, 2.24) is 5.32 Å². The zero-order chi connectivity index (χ0) is 39.2. The second kappa shape index (κ2) is 38.2. The summed E-state index contributed by atoms with van der Waals surface area (Å²) < 4.78 is 24.3. The molecule has 1 aliphatic carbocycles. The highest BCUT2D eigenvalue weighted by Crippen LogP contribution is 2.27. The number of allylic oxidation sites excluding steroid dienone is 4. The lowest BCUT2D eigenvalue weighted by Gasteiger charge is -2.22. The van der Waals surface area contributed by atoms with Gasteiger partial charge in [0, 0.05) is 44.9 Å².